The summed E-state index contributed by atoms with van der Waals surface area (Å²) in [5, 5.41) is 25.1. The van der Waals surface area contributed by atoms with E-state index in [9.17, 15) is 24.6 Å². The third-order valence-corrected chi connectivity index (χ3v) is 5.15. The van der Waals surface area contributed by atoms with Gasteiger partial charge >= 0.3 is 5.97 Å². The normalized spacial score (nSPS) is 15.0. The summed E-state index contributed by atoms with van der Waals surface area (Å²) in [5.74, 6) is -2.64. The number of benzene rings is 1. The number of aliphatic hydroxyl groups is 1. The van der Waals surface area contributed by atoms with E-state index in [-0.39, 0.29) is 12.8 Å². The van der Waals surface area contributed by atoms with Crippen LogP contribution in [0.4, 0.5) is 0 Å². The van der Waals surface area contributed by atoms with E-state index in [1.165, 1.54) is 19.4 Å². The third-order valence-electron chi connectivity index (χ3n) is 5.15. The zero-order valence-corrected chi connectivity index (χ0v) is 17.4. The molecule has 0 aliphatic carbocycles. The molecule has 3 aromatic rings. The number of aliphatic carboxylic acids is 1. The highest BCUT2D eigenvalue weighted by Gasteiger charge is 2.30. The van der Waals surface area contributed by atoms with E-state index in [1.807, 2.05) is 24.3 Å². The standard InChI is InChI=1S/C21H26N6O5/c1-11(28)18(22)20(30)26-16(6-12-8-24-15-5-3-2-4-14(12)15)19(29)27-17(21(31)32)7-13-9-23-10-25-13/h2-5,8-11,16-18,24,28H,6-7,22H2,1H3,(H,23,25)(H,26,30)(H,27,29)(H,31,32). The van der Waals surface area contributed by atoms with Crippen LogP contribution in [0.5, 0.6) is 0 Å². The summed E-state index contributed by atoms with van der Waals surface area (Å²) in [6, 6.07) is 3.86. The van der Waals surface area contributed by atoms with Gasteiger partial charge in [0.05, 0.1) is 12.4 Å². The average Bonchev–Trinajstić information content (AvgIpc) is 3.42. The monoisotopic (exact) mass is 442 g/mol. The number of hydrogen-bond acceptors (Lipinski definition) is 6. The smallest absolute Gasteiger partial charge is 0.326 e. The fourth-order valence-electron chi connectivity index (χ4n) is 3.31. The van der Waals surface area contributed by atoms with Crippen LogP contribution >= 0.6 is 0 Å². The van der Waals surface area contributed by atoms with Gasteiger partial charge in [0, 0.05) is 41.8 Å². The second-order valence-corrected chi connectivity index (χ2v) is 7.57. The number of H-pyrrole nitrogens is 2. The number of rotatable bonds is 10. The van der Waals surface area contributed by atoms with Crippen molar-refractivity contribution in [1.29, 1.82) is 0 Å². The first-order valence-corrected chi connectivity index (χ1v) is 10.1. The van der Waals surface area contributed by atoms with Gasteiger partial charge in [0.1, 0.15) is 18.1 Å². The Hall–Kier alpha value is -3.70. The summed E-state index contributed by atoms with van der Waals surface area (Å²) in [6.45, 7) is 1.36. The minimum Gasteiger partial charge on any atom is -0.480 e. The van der Waals surface area contributed by atoms with E-state index >= 15 is 0 Å². The molecular formula is C21H26N6O5. The van der Waals surface area contributed by atoms with Crippen LogP contribution in [0.1, 0.15) is 18.2 Å². The summed E-state index contributed by atoms with van der Waals surface area (Å²) >= 11 is 0. The quantitative estimate of drug-likeness (QED) is 0.219. The summed E-state index contributed by atoms with van der Waals surface area (Å²) in [4.78, 5) is 46.9. The first kappa shape index (κ1) is 23.0. The molecule has 0 radical (unpaired) electrons. The van der Waals surface area contributed by atoms with Gasteiger partial charge in [0.2, 0.25) is 11.8 Å². The molecule has 3 rings (SSSR count). The zero-order valence-electron chi connectivity index (χ0n) is 17.4. The lowest BCUT2D eigenvalue weighted by molar-refractivity contribution is -0.142. The van der Waals surface area contributed by atoms with Crippen molar-refractivity contribution in [3.63, 3.8) is 0 Å². The number of amides is 2. The highest BCUT2D eigenvalue weighted by atomic mass is 16.4. The minimum absolute atomic E-state index is 0.0119. The fraction of sp³-hybridized carbons (Fsp3) is 0.333. The second kappa shape index (κ2) is 10.1. The molecule has 2 aromatic heterocycles. The molecule has 0 saturated heterocycles. The molecule has 0 aliphatic heterocycles. The third kappa shape index (κ3) is 5.50. The number of carbonyl (C=O) groups excluding carboxylic acids is 2. The molecule has 4 unspecified atom stereocenters. The molecule has 11 heteroatoms. The van der Waals surface area contributed by atoms with Crippen molar-refractivity contribution in [2.24, 2.45) is 5.73 Å². The van der Waals surface area contributed by atoms with Gasteiger partial charge in [0.25, 0.3) is 0 Å². The number of para-hydroxylation sites is 1. The maximum absolute atomic E-state index is 13.0. The Kier molecular flexibility index (Phi) is 7.23. The van der Waals surface area contributed by atoms with Crippen molar-refractivity contribution >= 4 is 28.7 Å². The first-order chi connectivity index (χ1) is 15.3. The Balaban J connectivity index is 1.82. The molecule has 8 N–H and O–H groups in total. The van der Waals surface area contributed by atoms with Gasteiger partial charge < -0.3 is 36.5 Å². The highest BCUT2D eigenvalue weighted by Crippen LogP contribution is 2.19. The topological polar surface area (TPSA) is 186 Å². The number of carboxylic acid groups (broad SMARTS) is 1. The lowest BCUT2D eigenvalue weighted by Crippen LogP contribution is -2.57. The van der Waals surface area contributed by atoms with Gasteiger partial charge in [-0.15, -0.1) is 0 Å². The second-order valence-electron chi connectivity index (χ2n) is 7.57. The Morgan fingerprint density at radius 3 is 2.47 bits per heavy atom. The van der Waals surface area contributed by atoms with Crippen molar-refractivity contribution in [1.82, 2.24) is 25.6 Å². The molecule has 4 atom stereocenters. The van der Waals surface area contributed by atoms with E-state index in [0.29, 0.717) is 5.69 Å². The molecule has 0 saturated carbocycles. The van der Waals surface area contributed by atoms with Crippen molar-refractivity contribution < 1.29 is 24.6 Å². The number of nitrogens with one attached hydrogen (secondary N) is 4. The van der Waals surface area contributed by atoms with Crippen molar-refractivity contribution in [3.8, 4) is 0 Å². The predicted molar refractivity (Wildman–Crippen MR) is 115 cm³/mol. The van der Waals surface area contributed by atoms with E-state index in [0.717, 1.165) is 16.5 Å². The maximum Gasteiger partial charge on any atom is 0.326 e. The molecule has 0 aliphatic rings. The number of hydrogen-bond donors (Lipinski definition) is 7. The average molecular weight is 442 g/mol. The summed E-state index contributed by atoms with van der Waals surface area (Å²) in [6.07, 6.45) is 3.55. The number of carboxylic acids is 1. The molecular weight excluding hydrogens is 416 g/mol. The van der Waals surface area contributed by atoms with Crippen molar-refractivity contribution in [2.45, 2.75) is 44.0 Å². The van der Waals surface area contributed by atoms with Crippen LogP contribution in [-0.4, -0.2) is 67.2 Å². The summed E-state index contributed by atoms with van der Waals surface area (Å²) in [7, 11) is 0. The molecule has 11 nitrogen and oxygen atoms in total. The number of imidazole rings is 1. The van der Waals surface area contributed by atoms with Crippen LogP contribution < -0.4 is 16.4 Å². The van der Waals surface area contributed by atoms with Crippen molar-refractivity contribution in [3.05, 3.63) is 54.2 Å². The Morgan fingerprint density at radius 2 is 1.81 bits per heavy atom. The Labute approximate surface area is 183 Å². The largest absolute Gasteiger partial charge is 0.480 e. The van der Waals surface area contributed by atoms with Gasteiger partial charge in [-0.3, -0.25) is 9.59 Å². The summed E-state index contributed by atoms with van der Waals surface area (Å²) < 4.78 is 0. The van der Waals surface area contributed by atoms with E-state index in [1.54, 1.807) is 6.20 Å². The first-order valence-electron chi connectivity index (χ1n) is 10.1. The van der Waals surface area contributed by atoms with Crippen LogP contribution in [0.2, 0.25) is 0 Å². The molecule has 32 heavy (non-hydrogen) atoms. The van der Waals surface area contributed by atoms with Crippen LogP contribution in [0.25, 0.3) is 10.9 Å². The number of nitrogens with zero attached hydrogens (tertiary/aromatic N) is 1. The number of aliphatic hydroxyl groups excluding tert-OH is 1. The SMILES string of the molecule is CC(O)C(N)C(=O)NC(Cc1c[nH]c2ccccc12)C(=O)NC(Cc1cnc[nH]1)C(=O)O. The number of aromatic amines is 2. The lowest BCUT2D eigenvalue weighted by Gasteiger charge is -2.23. The fourth-order valence-corrected chi connectivity index (χ4v) is 3.31. The van der Waals surface area contributed by atoms with Crippen molar-refractivity contribution in [2.75, 3.05) is 0 Å². The molecule has 170 valence electrons. The van der Waals surface area contributed by atoms with Crippen LogP contribution in [0.3, 0.4) is 0 Å². The number of fused-ring (bicyclic) bond motifs is 1. The Morgan fingerprint density at radius 1 is 1.09 bits per heavy atom. The van der Waals surface area contributed by atoms with Gasteiger partial charge in [0.15, 0.2) is 0 Å². The van der Waals surface area contributed by atoms with Gasteiger partial charge in [-0.1, -0.05) is 18.2 Å². The van der Waals surface area contributed by atoms with Gasteiger partial charge in [-0.2, -0.15) is 0 Å². The number of aromatic nitrogens is 3. The van der Waals surface area contributed by atoms with Crippen LogP contribution in [0.15, 0.2) is 43.0 Å². The molecule has 2 heterocycles. The maximum atomic E-state index is 13.0. The highest BCUT2D eigenvalue weighted by molar-refractivity contribution is 5.93. The lowest BCUT2D eigenvalue weighted by atomic mass is 10.0. The molecule has 0 spiro atoms. The Bertz CT molecular complexity index is 1080. The van der Waals surface area contributed by atoms with E-state index < -0.39 is 42.0 Å². The molecule has 0 fully saturated rings. The van der Waals surface area contributed by atoms with E-state index in [2.05, 4.69) is 25.6 Å². The minimum atomic E-state index is -1.24. The van der Waals surface area contributed by atoms with Crippen LogP contribution in [-0.2, 0) is 27.2 Å². The molecule has 2 amide bonds. The summed E-state index contributed by atoms with van der Waals surface area (Å²) in [5.41, 5.74) is 7.85. The number of nitrogens with two attached hydrogens (primary N) is 1. The van der Waals surface area contributed by atoms with Gasteiger partial charge in [-0.05, 0) is 18.6 Å². The van der Waals surface area contributed by atoms with Gasteiger partial charge in [-0.25, -0.2) is 9.78 Å². The molecule has 0 bridgehead atoms. The number of carbonyl (C=O) groups is 3. The molecule has 1 aromatic carbocycles. The zero-order chi connectivity index (χ0) is 23.3. The van der Waals surface area contributed by atoms with E-state index in [4.69, 9.17) is 5.73 Å². The van der Waals surface area contributed by atoms with Crippen LogP contribution in [0, 0.1) is 0 Å². The predicted octanol–water partition coefficient (Wildman–Crippen LogP) is -0.561.